The molecule has 0 radical (unpaired) electrons. The molecule has 7 nitrogen and oxygen atoms in total. The molecule has 1 aromatic heterocycles. The number of aromatic nitrogens is 1. The Kier molecular flexibility index (Phi) is 8.56. The van der Waals surface area contributed by atoms with E-state index in [0.29, 0.717) is 43.7 Å². The average Bonchev–Trinajstić information content (AvgIpc) is 3.17. The summed E-state index contributed by atoms with van der Waals surface area (Å²) in [5, 5.41) is 0.554. The van der Waals surface area contributed by atoms with E-state index in [4.69, 9.17) is 25.8 Å². The van der Waals surface area contributed by atoms with Gasteiger partial charge in [0.05, 0.1) is 39.1 Å². The van der Waals surface area contributed by atoms with Gasteiger partial charge in [-0.1, -0.05) is 47.7 Å². The smallest absolute Gasteiger partial charge is 0.338 e. The number of ether oxygens (including phenoxy) is 3. The fraction of sp³-hybridized carbons (Fsp3) is 0.222. The van der Waals surface area contributed by atoms with Crippen molar-refractivity contribution in [3.05, 3.63) is 99.7 Å². The number of fused-ring (bicyclic) bond motifs is 1. The molecule has 0 spiro atoms. The number of thiazole rings is 1. The van der Waals surface area contributed by atoms with Crippen molar-refractivity contribution in [2.24, 2.45) is 4.99 Å². The zero-order valence-electron chi connectivity index (χ0n) is 20.4. The molecule has 2 heterocycles. The van der Waals surface area contributed by atoms with Crippen molar-refractivity contribution in [3.8, 4) is 11.5 Å². The molecule has 0 amide bonds. The summed E-state index contributed by atoms with van der Waals surface area (Å²) in [5.74, 6) is 0.652. The lowest BCUT2D eigenvalue weighted by molar-refractivity contribution is -0.139. The predicted molar refractivity (Wildman–Crippen MR) is 153 cm³/mol. The first-order valence-electron chi connectivity index (χ1n) is 11.3. The predicted octanol–water partition coefficient (Wildman–Crippen LogP) is 4.63. The minimum Gasteiger partial charge on any atom is -0.493 e. The number of rotatable bonds is 8. The van der Waals surface area contributed by atoms with Gasteiger partial charge in [0.2, 0.25) is 0 Å². The van der Waals surface area contributed by atoms with Crippen molar-refractivity contribution in [1.29, 1.82) is 0 Å². The van der Waals surface area contributed by atoms with Crippen LogP contribution < -0.4 is 24.4 Å². The Balaban J connectivity index is 1.90. The molecule has 2 aromatic carbocycles. The highest BCUT2D eigenvalue weighted by atomic mass is 127. The van der Waals surface area contributed by atoms with Crippen LogP contribution in [0.3, 0.4) is 0 Å². The first kappa shape index (κ1) is 27.2. The number of benzene rings is 2. The highest BCUT2D eigenvalue weighted by Gasteiger charge is 2.33. The fourth-order valence-electron chi connectivity index (χ4n) is 4.01. The summed E-state index contributed by atoms with van der Waals surface area (Å²) >= 11 is 9.54. The monoisotopic (exact) mass is 650 g/mol. The van der Waals surface area contributed by atoms with E-state index in [0.717, 1.165) is 14.7 Å². The highest BCUT2D eigenvalue weighted by molar-refractivity contribution is 14.1. The zero-order valence-corrected chi connectivity index (χ0v) is 24.1. The van der Waals surface area contributed by atoms with Crippen LogP contribution in [0.1, 0.15) is 31.0 Å². The Hall–Kier alpha value is -2.89. The van der Waals surface area contributed by atoms with Gasteiger partial charge in [0, 0.05) is 5.02 Å². The number of hydrogen-bond donors (Lipinski definition) is 0. The largest absolute Gasteiger partial charge is 0.493 e. The van der Waals surface area contributed by atoms with E-state index in [9.17, 15) is 9.59 Å². The number of halogens is 2. The lowest BCUT2D eigenvalue weighted by Gasteiger charge is -2.24. The molecule has 37 heavy (non-hydrogen) atoms. The number of esters is 1. The Morgan fingerprint density at radius 1 is 1.30 bits per heavy atom. The maximum atomic E-state index is 13.8. The molecule has 1 atom stereocenters. The van der Waals surface area contributed by atoms with Gasteiger partial charge in [-0.15, -0.1) is 0 Å². The molecule has 4 rings (SSSR count). The van der Waals surface area contributed by atoms with Gasteiger partial charge in [-0.2, -0.15) is 0 Å². The molecule has 1 aliphatic rings. The van der Waals surface area contributed by atoms with Crippen LogP contribution in [0.15, 0.2) is 70.1 Å². The second-order valence-electron chi connectivity index (χ2n) is 7.99. The molecule has 0 fully saturated rings. The van der Waals surface area contributed by atoms with Crippen molar-refractivity contribution < 1.29 is 19.0 Å². The van der Waals surface area contributed by atoms with E-state index < -0.39 is 12.0 Å². The molecule has 1 aliphatic heterocycles. The van der Waals surface area contributed by atoms with Crippen LogP contribution in [-0.4, -0.2) is 30.9 Å². The van der Waals surface area contributed by atoms with Gasteiger partial charge < -0.3 is 14.2 Å². The second kappa shape index (κ2) is 11.7. The van der Waals surface area contributed by atoms with Crippen molar-refractivity contribution in [2.75, 3.05) is 20.3 Å². The standard InChI is InChI=1S/C27H24ClIN2O5S/c1-5-11-36-24-19(29)12-16(13-20(24)34-4)14-21-25(32)31-23(17-7-9-18(28)10-8-17)22(26(33)35-6-2)15(3)30-27(31)37-21/h5,7-10,12-14,23H,1,6,11H2,2-4H3. The van der Waals surface area contributed by atoms with Crippen LogP contribution in [0, 0.1) is 3.57 Å². The number of nitrogens with zero attached hydrogens (tertiary/aromatic N) is 2. The molecular formula is C27H24ClIN2O5S. The summed E-state index contributed by atoms with van der Waals surface area (Å²) < 4.78 is 19.4. The Labute approximate surface area is 236 Å². The Morgan fingerprint density at radius 2 is 2.03 bits per heavy atom. The topological polar surface area (TPSA) is 79.1 Å². The van der Waals surface area contributed by atoms with E-state index in [1.54, 1.807) is 61.9 Å². The van der Waals surface area contributed by atoms with E-state index in [2.05, 4.69) is 34.2 Å². The Bertz CT molecular complexity index is 1570. The van der Waals surface area contributed by atoms with Crippen molar-refractivity contribution in [2.45, 2.75) is 19.9 Å². The van der Waals surface area contributed by atoms with Gasteiger partial charge in [-0.3, -0.25) is 9.36 Å². The molecule has 0 bridgehead atoms. The summed E-state index contributed by atoms with van der Waals surface area (Å²) in [7, 11) is 1.57. The molecule has 3 aromatic rings. The normalized spacial score (nSPS) is 15.2. The summed E-state index contributed by atoms with van der Waals surface area (Å²) in [5.41, 5.74) is 2.06. The number of allylic oxidation sites excluding steroid dienone is 1. The van der Waals surface area contributed by atoms with Crippen LogP contribution in [0.5, 0.6) is 11.5 Å². The van der Waals surface area contributed by atoms with Crippen molar-refractivity contribution >= 4 is 57.6 Å². The quantitative estimate of drug-likeness (QED) is 0.202. The first-order valence-corrected chi connectivity index (χ1v) is 13.6. The summed E-state index contributed by atoms with van der Waals surface area (Å²) in [6, 6.07) is 10.1. The molecule has 192 valence electrons. The van der Waals surface area contributed by atoms with Crippen LogP contribution in [0.4, 0.5) is 0 Å². The van der Waals surface area contributed by atoms with Gasteiger partial charge in [0.1, 0.15) is 6.61 Å². The van der Waals surface area contributed by atoms with Crippen molar-refractivity contribution in [1.82, 2.24) is 4.57 Å². The van der Waals surface area contributed by atoms with Gasteiger partial charge in [0.15, 0.2) is 16.3 Å². The summed E-state index contributed by atoms with van der Waals surface area (Å²) in [6.07, 6.45) is 3.45. The van der Waals surface area contributed by atoms with Gasteiger partial charge in [-0.05, 0) is 77.9 Å². The molecule has 1 unspecified atom stereocenters. The second-order valence-corrected chi connectivity index (χ2v) is 10.6. The molecule has 0 saturated carbocycles. The summed E-state index contributed by atoms with van der Waals surface area (Å²) in [6.45, 7) is 7.73. The third-order valence-corrected chi connectivity index (χ3v) is 7.63. The maximum absolute atomic E-state index is 13.8. The Morgan fingerprint density at radius 3 is 2.68 bits per heavy atom. The van der Waals surface area contributed by atoms with E-state index >= 15 is 0 Å². The van der Waals surface area contributed by atoms with Crippen LogP contribution >= 0.6 is 45.5 Å². The van der Waals surface area contributed by atoms with Crippen LogP contribution in [0.2, 0.25) is 5.02 Å². The molecule has 0 aliphatic carbocycles. The number of carbonyl (C=O) groups is 1. The molecule has 0 N–H and O–H groups in total. The lowest BCUT2D eigenvalue weighted by atomic mass is 9.96. The van der Waals surface area contributed by atoms with Gasteiger partial charge >= 0.3 is 5.97 Å². The summed E-state index contributed by atoms with van der Waals surface area (Å²) in [4.78, 5) is 31.8. The minimum absolute atomic E-state index is 0.209. The third-order valence-electron chi connectivity index (χ3n) is 5.60. The SMILES string of the molecule is C=CCOc1c(I)cc(C=c2sc3n(c2=O)C(c2ccc(Cl)cc2)C(C(=O)OCC)=C(C)N=3)cc1OC. The van der Waals surface area contributed by atoms with Gasteiger partial charge in [0.25, 0.3) is 5.56 Å². The molecule has 10 heteroatoms. The lowest BCUT2D eigenvalue weighted by Crippen LogP contribution is -2.39. The number of carbonyl (C=O) groups excluding carboxylic acids is 1. The van der Waals surface area contributed by atoms with E-state index in [1.165, 1.54) is 11.3 Å². The van der Waals surface area contributed by atoms with Crippen molar-refractivity contribution in [3.63, 3.8) is 0 Å². The minimum atomic E-state index is -0.695. The van der Waals surface area contributed by atoms with Gasteiger partial charge in [-0.25, -0.2) is 9.79 Å². The third kappa shape index (κ3) is 5.53. The highest BCUT2D eigenvalue weighted by Crippen LogP contribution is 2.34. The average molecular weight is 651 g/mol. The maximum Gasteiger partial charge on any atom is 0.338 e. The molecular weight excluding hydrogens is 627 g/mol. The number of methoxy groups -OCH3 is 1. The molecule has 0 saturated heterocycles. The number of hydrogen-bond acceptors (Lipinski definition) is 7. The van der Waals surface area contributed by atoms with Crippen LogP contribution in [0.25, 0.3) is 6.08 Å². The fourth-order valence-corrected chi connectivity index (χ4v) is 5.96. The van der Waals surface area contributed by atoms with E-state index in [1.807, 2.05) is 12.1 Å². The first-order chi connectivity index (χ1) is 17.8. The zero-order chi connectivity index (χ0) is 26.7. The van der Waals surface area contributed by atoms with Crippen LogP contribution in [-0.2, 0) is 9.53 Å². The van der Waals surface area contributed by atoms with E-state index in [-0.39, 0.29) is 12.2 Å².